The summed E-state index contributed by atoms with van der Waals surface area (Å²) < 4.78 is 13.2. The van der Waals surface area contributed by atoms with Gasteiger partial charge in [0.25, 0.3) is 0 Å². The van der Waals surface area contributed by atoms with Crippen LogP contribution in [-0.4, -0.2) is 44.7 Å². The van der Waals surface area contributed by atoms with E-state index in [2.05, 4.69) is 37.7 Å². The van der Waals surface area contributed by atoms with Crippen LogP contribution in [0.15, 0.2) is 11.4 Å². The minimum atomic E-state index is -0.269. The maximum absolute atomic E-state index is 11.8. The number of esters is 1. The molecule has 0 radical (unpaired) electrons. The summed E-state index contributed by atoms with van der Waals surface area (Å²) in [5.74, 6) is 0.610. The van der Waals surface area contributed by atoms with Crippen LogP contribution in [0.1, 0.15) is 125 Å². The van der Waals surface area contributed by atoms with Crippen molar-refractivity contribution in [1.82, 2.24) is 19.7 Å². The van der Waals surface area contributed by atoms with Gasteiger partial charge in [-0.2, -0.15) is 5.10 Å². The van der Waals surface area contributed by atoms with E-state index in [0.29, 0.717) is 35.2 Å². The number of aromatic nitrogens is 4. The number of nitrogens with zero attached hydrogens (tertiary/aromatic N) is 4. The van der Waals surface area contributed by atoms with Gasteiger partial charge in [0, 0.05) is 0 Å². The lowest BCUT2D eigenvalue weighted by atomic mass is 10.0. The molecule has 7 nitrogen and oxygen atoms in total. The second kappa shape index (κ2) is 17.6. The first-order valence-corrected chi connectivity index (χ1v) is 15.5. The Kier molecular flexibility index (Phi) is 15.0. The molecule has 37 heavy (non-hydrogen) atoms. The van der Waals surface area contributed by atoms with Crippen LogP contribution < -0.4 is 4.74 Å². The number of hydrogen-bond acceptors (Lipinski definition) is 7. The summed E-state index contributed by atoms with van der Waals surface area (Å²) in [6, 6.07) is 0. The predicted octanol–water partition coefficient (Wildman–Crippen LogP) is 8.10. The number of ether oxygens (including phenoxy) is 2. The third-order valence-corrected chi connectivity index (χ3v) is 7.34. The second-order valence-corrected chi connectivity index (χ2v) is 11.8. The summed E-state index contributed by atoms with van der Waals surface area (Å²) in [6.45, 7) is 11.4. The molecule has 0 saturated carbocycles. The molecule has 210 valence electrons. The molecular formula is C29H50N4O3S. The van der Waals surface area contributed by atoms with Crippen LogP contribution in [0.5, 0.6) is 5.88 Å². The van der Waals surface area contributed by atoms with Crippen LogP contribution in [0, 0.1) is 0 Å². The molecule has 0 bridgehead atoms. The van der Waals surface area contributed by atoms with Crippen LogP contribution in [0.4, 0.5) is 0 Å². The van der Waals surface area contributed by atoms with Gasteiger partial charge in [-0.3, -0.25) is 4.79 Å². The molecule has 0 N–H and O–H groups in total. The van der Waals surface area contributed by atoms with Crippen molar-refractivity contribution in [3.8, 4) is 5.88 Å². The topological polar surface area (TPSA) is 79.1 Å². The van der Waals surface area contributed by atoms with Crippen molar-refractivity contribution in [1.29, 1.82) is 0 Å². The largest absolute Gasteiger partial charge is 0.476 e. The molecule has 2 aromatic rings. The van der Waals surface area contributed by atoms with Crippen molar-refractivity contribution >= 4 is 28.8 Å². The quantitative estimate of drug-likeness (QED) is 0.0735. The third kappa shape index (κ3) is 11.6. The maximum Gasteiger partial charge on any atom is 0.316 e. The fraction of sp³-hybridized carbons (Fsp3) is 0.793. The molecule has 0 unspecified atom stereocenters. The van der Waals surface area contributed by atoms with Gasteiger partial charge in [0.1, 0.15) is 16.9 Å². The molecule has 0 aliphatic heterocycles. The van der Waals surface area contributed by atoms with E-state index in [-0.39, 0.29) is 17.3 Å². The molecular weight excluding hydrogens is 484 g/mol. The van der Waals surface area contributed by atoms with Crippen molar-refractivity contribution in [2.75, 3.05) is 19.0 Å². The van der Waals surface area contributed by atoms with Crippen LogP contribution >= 0.6 is 11.8 Å². The molecule has 8 heteroatoms. The van der Waals surface area contributed by atoms with Gasteiger partial charge in [0.2, 0.25) is 5.88 Å². The Bertz CT molecular complexity index is 910. The zero-order chi connectivity index (χ0) is 26.9. The highest BCUT2D eigenvalue weighted by atomic mass is 32.2. The Labute approximate surface area is 228 Å². The van der Waals surface area contributed by atoms with Crippen molar-refractivity contribution in [2.45, 2.75) is 135 Å². The first kappa shape index (κ1) is 31.4. The standard InChI is InChI=1S/C29H50N4O3S/c1-6-8-9-10-11-12-13-14-15-16-17-18-19-20-21-36-28-26-25(32-33(28)29(3,4)5)27(31-23-30-26)37-22-24(34)35-7-2/h23H,6-22H2,1-5H3. The Hall–Kier alpha value is -1.83. The van der Waals surface area contributed by atoms with Crippen molar-refractivity contribution in [2.24, 2.45) is 0 Å². The van der Waals surface area contributed by atoms with Crippen LogP contribution in [0.3, 0.4) is 0 Å². The van der Waals surface area contributed by atoms with Gasteiger partial charge >= 0.3 is 5.97 Å². The number of carbonyl (C=O) groups excluding carboxylic acids is 1. The fourth-order valence-electron chi connectivity index (χ4n) is 4.34. The summed E-state index contributed by atoms with van der Waals surface area (Å²) in [5.41, 5.74) is 1.10. The van der Waals surface area contributed by atoms with Gasteiger partial charge in [-0.25, -0.2) is 14.6 Å². The Morgan fingerprint density at radius 2 is 1.41 bits per heavy atom. The highest BCUT2D eigenvalue weighted by Crippen LogP contribution is 2.33. The summed E-state index contributed by atoms with van der Waals surface area (Å²) in [5, 5.41) is 5.46. The van der Waals surface area contributed by atoms with Gasteiger partial charge < -0.3 is 9.47 Å². The zero-order valence-electron chi connectivity index (χ0n) is 24.0. The number of carbonyl (C=O) groups is 1. The summed E-state index contributed by atoms with van der Waals surface area (Å²) in [4.78, 5) is 20.7. The van der Waals surface area contributed by atoms with Crippen molar-refractivity contribution in [3.05, 3.63) is 6.33 Å². The summed E-state index contributed by atoms with van der Waals surface area (Å²) in [7, 11) is 0. The molecule has 2 heterocycles. The lowest BCUT2D eigenvalue weighted by Gasteiger charge is -2.21. The Morgan fingerprint density at radius 3 is 1.95 bits per heavy atom. The molecule has 2 rings (SSSR count). The first-order chi connectivity index (χ1) is 17.9. The zero-order valence-corrected chi connectivity index (χ0v) is 24.8. The molecule has 0 aromatic carbocycles. The lowest BCUT2D eigenvalue weighted by Crippen LogP contribution is -2.24. The average molecular weight is 535 g/mol. The third-order valence-electron chi connectivity index (χ3n) is 6.39. The van der Waals surface area contributed by atoms with Gasteiger partial charge in [-0.05, 0) is 34.1 Å². The first-order valence-electron chi connectivity index (χ1n) is 14.5. The number of hydrogen-bond donors (Lipinski definition) is 0. The number of fused-ring (bicyclic) bond motifs is 1. The molecule has 0 atom stereocenters. The van der Waals surface area contributed by atoms with Crippen LogP contribution in [0.25, 0.3) is 11.0 Å². The number of rotatable bonds is 20. The van der Waals surface area contributed by atoms with E-state index in [1.54, 1.807) is 6.92 Å². The van der Waals surface area contributed by atoms with Gasteiger partial charge in [-0.1, -0.05) is 102 Å². The predicted molar refractivity (Wildman–Crippen MR) is 153 cm³/mol. The molecule has 2 aromatic heterocycles. The van der Waals surface area contributed by atoms with Crippen LogP contribution in [-0.2, 0) is 15.1 Å². The monoisotopic (exact) mass is 534 g/mol. The van der Waals surface area contributed by atoms with E-state index < -0.39 is 0 Å². The van der Waals surface area contributed by atoms with E-state index in [0.717, 1.165) is 6.42 Å². The summed E-state index contributed by atoms with van der Waals surface area (Å²) in [6.07, 6.45) is 20.2. The average Bonchev–Trinajstić information content (AvgIpc) is 3.25. The van der Waals surface area contributed by atoms with E-state index >= 15 is 0 Å². The van der Waals surface area contributed by atoms with E-state index in [4.69, 9.17) is 14.6 Å². The van der Waals surface area contributed by atoms with Crippen molar-refractivity contribution < 1.29 is 14.3 Å². The molecule has 0 spiro atoms. The second-order valence-electron chi connectivity index (χ2n) is 10.8. The Morgan fingerprint density at radius 1 is 0.838 bits per heavy atom. The highest BCUT2D eigenvalue weighted by Gasteiger charge is 2.25. The maximum atomic E-state index is 11.8. The van der Waals surface area contributed by atoms with Gasteiger partial charge in [0.05, 0.1) is 24.5 Å². The minimum Gasteiger partial charge on any atom is -0.476 e. The molecule has 0 aliphatic carbocycles. The molecule has 0 amide bonds. The molecule has 0 fully saturated rings. The molecule has 0 aliphatic rings. The van der Waals surface area contributed by atoms with E-state index in [1.807, 2.05) is 4.68 Å². The van der Waals surface area contributed by atoms with Crippen LogP contribution in [0.2, 0.25) is 0 Å². The fourth-order valence-corrected chi connectivity index (χ4v) is 5.07. The summed E-state index contributed by atoms with van der Waals surface area (Å²) >= 11 is 1.32. The number of unbranched alkanes of at least 4 members (excludes halogenated alkanes) is 13. The smallest absolute Gasteiger partial charge is 0.316 e. The van der Waals surface area contributed by atoms with E-state index in [1.165, 1.54) is 102 Å². The SMILES string of the molecule is CCCCCCCCCCCCCCCCOc1c2ncnc(SCC(=O)OCC)c2nn1C(C)(C)C. The van der Waals surface area contributed by atoms with Crippen molar-refractivity contribution in [3.63, 3.8) is 0 Å². The lowest BCUT2D eigenvalue weighted by molar-refractivity contribution is -0.139. The van der Waals surface area contributed by atoms with Gasteiger partial charge in [-0.15, -0.1) is 0 Å². The molecule has 0 saturated heterocycles. The normalized spacial score (nSPS) is 11.8. The highest BCUT2D eigenvalue weighted by molar-refractivity contribution is 8.00. The Balaban J connectivity index is 1.74. The minimum absolute atomic E-state index is 0.192. The van der Waals surface area contributed by atoms with E-state index in [9.17, 15) is 4.79 Å². The number of thioether (sulfide) groups is 1. The van der Waals surface area contributed by atoms with Gasteiger partial charge in [0.15, 0.2) is 5.52 Å².